The molecule has 0 radical (unpaired) electrons. The third-order valence-electron chi connectivity index (χ3n) is 5.56. The standard InChI is InChI=1S/C22H26N4O/c1-4-25-12-10-23-21(25)17-8-6-11-26(14-17)22(27)19-13-16(3)24-20-15(2)7-5-9-18(19)20/h5,7,9-10,12-13,17H,4,6,8,11,14H2,1-3H3. The molecule has 5 nitrogen and oxygen atoms in total. The molecular weight excluding hydrogens is 336 g/mol. The summed E-state index contributed by atoms with van der Waals surface area (Å²) in [5.74, 6) is 1.51. The van der Waals surface area contributed by atoms with Gasteiger partial charge in [-0.25, -0.2) is 4.98 Å². The molecule has 3 heterocycles. The van der Waals surface area contributed by atoms with Crippen LogP contribution in [0.25, 0.3) is 10.9 Å². The Hall–Kier alpha value is -2.69. The van der Waals surface area contributed by atoms with Crippen LogP contribution in [0.4, 0.5) is 0 Å². The molecule has 1 saturated heterocycles. The van der Waals surface area contributed by atoms with E-state index in [2.05, 4.69) is 21.5 Å². The number of carbonyl (C=O) groups excluding carboxylic acids is 1. The average Bonchev–Trinajstić information content (AvgIpc) is 3.16. The molecule has 1 aliphatic rings. The monoisotopic (exact) mass is 362 g/mol. The van der Waals surface area contributed by atoms with Crippen LogP contribution in [0.5, 0.6) is 0 Å². The summed E-state index contributed by atoms with van der Waals surface area (Å²) in [6, 6.07) is 7.99. The first kappa shape index (κ1) is 17.7. The number of carbonyl (C=O) groups is 1. The van der Waals surface area contributed by atoms with E-state index in [4.69, 9.17) is 0 Å². The van der Waals surface area contributed by atoms with Crippen molar-refractivity contribution in [1.29, 1.82) is 0 Å². The summed E-state index contributed by atoms with van der Waals surface area (Å²) in [7, 11) is 0. The molecule has 1 unspecified atom stereocenters. The molecular formula is C22H26N4O. The molecule has 1 amide bonds. The van der Waals surface area contributed by atoms with E-state index in [1.54, 1.807) is 0 Å². The van der Waals surface area contributed by atoms with Gasteiger partial charge >= 0.3 is 0 Å². The van der Waals surface area contributed by atoms with Gasteiger partial charge in [0.05, 0.1) is 11.1 Å². The number of likely N-dealkylation sites (tertiary alicyclic amines) is 1. The first-order valence-corrected chi connectivity index (χ1v) is 9.75. The van der Waals surface area contributed by atoms with Crippen LogP contribution in [-0.2, 0) is 6.54 Å². The summed E-state index contributed by atoms with van der Waals surface area (Å²) in [5.41, 5.74) is 3.68. The van der Waals surface area contributed by atoms with Gasteiger partial charge in [-0.2, -0.15) is 0 Å². The summed E-state index contributed by atoms with van der Waals surface area (Å²) in [6.45, 7) is 8.57. The molecule has 0 bridgehead atoms. The van der Waals surface area contributed by atoms with E-state index >= 15 is 0 Å². The Balaban J connectivity index is 1.67. The van der Waals surface area contributed by atoms with Crippen molar-refractivity contribution in [1.82, 2.24) is 19.4 Å². The van der Waals surface area contributed by atoms with E-state index < -0.39 is 0 Å². The number of amides is 1. The predicted molar refractivity (Wildman–Crippen MR) is 107 cm³/mol. The Morgan fingerprint density at radius 1 is 1.30 bits per heavy atom. The van der Waals surface area contributed by atoms with Crippen LogP contribution in [0, 0.1) is 13.8 Å². The fourth-order valence-corrected chi connectivity index (χ4v) is 4.19. The molecule has 1 fully saturated rings. The van der Waals surface area contributed by atoms with Crippen LogP contribution < -0.4 is 0 Å². The topological polar surface area (TPSA) is 51.0 Å². The van der Waals surface area contributed by atoms with Gasteiger partial charge in [-0.1, -0.05) is 18.2 Å². The Morgan fingerprint density at radius 3 is 2.96 bits per heavy atom. The summed E-state index contributed by atoms with van der Waals surface area (Å²) >= 11 is 0. The molecule has 1 aliphatic heterocycles. The number of piperidine rings is 1. The Morgan fingerprint density at radius 2 is 2.15 bits per heavy atom. The van der Waals surface area contributed by atoms with Crippen molar-refractivity contribution in [3.63, 3.8) is 0 Å². The van der Waals surface area contributed by atoms with Crippen molar-refractivity contribution in [2.45, 2.75) is 46.1 Å². The minimum absolute atomic E-state index is 0.107. The first-order chi connectivity index (χ1) is 13.1. The van der Waals surface area contributed by atoms with Gasteiger partial charge in [0, 0.05) is 49.0 Å². The smallest absolute Gasteiger partial charge is 0.254 e. The van der Waals surface area contributed by atoms with Crippen LogP contribution in [-0.4, -0.2) is 38.4 Å². The molecule has 140 valence electrons. The normalized spacial score (nSPS) is 17.4. The van der Waals surface area contributed by atoms with E-state index in [1.807, 2.05) is 55.4 Å². The van der Waals surface area contributed by atoms with Gasteiger partial charge in [-0.15, -0.1) is 0 Å². The summed E-state index contributed by atoms with van der Waals surface area (Å²) in [5, 5.41) is 0.947. The van der Waals surface area contributed by atoms with Crippen LogP contribution in [0.2, 0.25) is 0 Å². The lowest BCUT2D eigenvalue weighted by Gasteiger charge is -2.33. The molecule has 3 aromatic rings. The van der Waals surface area contributed by atoms with E-state index in [-0.39, 0.29) is 5.91 Å². The highest BCUT2D eigenvalue weighted by molar-refractivity contribution is 6.06. The molecule has 1 atom stereocenters. The van der Waals surface area contributed by atoms with Gasteiger partial charge < -0.3 is 9.47 Å². The Bertz CT molecular complexity index is 991. The number of para-hydroxylation sites is 1. The number of nitrogens with zero attached hydrogens (tertiary/aromatic N) is 4. The van der Waals surface area contributed by atoms with Crippen LogP contribution in [0.15, 0.2) is 36.7 Å². The largest absolute Gasteiger partial charge is 0.338 e. The van der Waals surface area contributed by atoms with Gasteiger partial charge in [0.2, 0.25) is 0 Å². The van der Waals surface area contributed by atoms with Crippen molar-refractivity contribution < 1.29 is 4.79 Å². The second kappa shape index (κ2) is 7.14. The molecule has 0 spiro atoms. The fraction of sp³-hybridized carbons (Fsp3) is 0.409. The van der Waals surface area contributed by atoms with Gasteiger partial charge in [0.25, 0.3) is 5.91 Å². The van der Waals surface area contributed by atoms with Crippen LogP contribution >= 0.6 is 0 Å². The molecule has 2 aromatic heterocycles. The van der Waals surface area contributed by atoms with E-state index in [9.17, 15) is 4.79 Å². The number of aryl methyl sites for hydroxylation is 3. The number of aromatic nitrogens is 3. The lowest BCUT2D eigenvalue weighted by molar-refractivity contribution is 0.0705. The van der Waals surface area contributed by atoms with Crippen molar-refractivity contribution in [3.8, 4) is 0 Å². The first-order valence-electron chi connectivity index (χ1n) is 9.75. The van der Waals surface area contributed by atoms with Crippen molar-refractivity contribution in [2.75, 3.05) is 13.1 Å². The Labute approximate surface area is 160 Å². The van der Waals surface area contributed by atoms with Crippen molar-refractivity contribution >= 4 is 16.8 Å². The van der Waals surface area contributed by atoms with Crippen LogP contribution in [0.1, 0.15) is 53.1 Å². The Kier molecular flexibility index (Phi) is 4.68. The number of pyridine rings is 1. The molecule has 0 saturated carbocycles. The van der Waals surface area contributed by atoms with Crippen molar-refractivity contribution in [2.24, 2.45) is 0 Å². The zero-order valence-electron chi connectivity index (χ0n) is 16.3. The molecule has 27 heavy (non-hydrogen) atoms. The highest BCUT2D eigenvalue weighted by atomic mass is 16.2. The number of benzene rings is 1. The highest BCUT2D eigenvalue weighted by Gasteiger charge is 2.28. The second-order valence-corrected chi connectivity index (χ2v) is 7.44. The van der Waals surface area contributed by atoms with Gasteiger partial charge in [-0.3, -0.25) is 9.78 Å². The third-order valence-corrected chi connectivity index (χ3v) is 5.56. The fourth-order valence-electron chi connectivity index (χ4n) is 4.19. The number of hydrogen-bond donors (Lipinski definition) is 0. The quantitative estimate of drug-likeness (QED) is 0.705. The van der Waals surface area contributed by atoms with Gasteiger partial charge in [0.15, 0.2) is 0 Å². The minimum Gasteiger partial charge on any atom is -0.338 e. The molecule has 0 N–H and O–H groups in total. The molecule has 5 heteroatoms. The SMILES string of the molecule is CCn1ccnc1C1CCCN(C(=O)c2cc(C)nc3c(C)cccc23)C1. The van der Waals surface area contributed by atoms with E-state index in [0.717, 1.165) is 66.0 Å². The summed E-state index contributed by atoms with van der Waals surface area (Å²) < 4.78 is 2.19. The maximum atomic E-state index is 13.4. The number of hydrogen-bond acceptors (Lipinski definition) is 3. The summed E-state index contributed by atoms with van der Waals surface area (Å²) in [4.78, 5) is 24.6. The molecule has 4 rings (SSSR count). The van der Waals surface area contributed by atoms with Gasteiger partial charge in [-0.05, 0) is 45.2 Å². The van der Waals surface area contributed by atoms with E-state index in [1.165, 1.54) is 0 Å². The number of rotatable bonds is 3. The molecule has 0 aliphatic carbocycles. The second-order valence-electron chi connectivity index (χ2n) is 7.44. The maximum absolute atomic E-state index is 13.4. The van der Waals surface area contributed by atoms with Gasteiger partial charge in [0.1, 0.15) is 5.82 Å². The zero-order valence-corrected chi connectivity index (χ0v) is 16.3. The number of imidazole rings is 1. The van der Waals surface area contributed by atoms with Crippen LogP contribution in [0.3, 0.4) is 0 Å². The predicted octanol–water partition coefficient (Wildman–Crippen LogP) is 4.09. The lowest BCUT2D eigenvalue weighted by atomic mass is 9.95. The lowest BCUT2D eigenvalue weighted by Crippen LogP contribution is -2.40. The maximum Gasteiger partial charge on any atom is 0.254 e. The molecule has 1 aromatic carbocycles. The zero-order chi connectivity index (χ0) is 19.0. The average molecular weight is 362 g/mol. The highest BCUT2D eigenvalue weighted by Crippen LogP contribution is 2.29. The van der Waals surface area contributed by atoms with Crippen molar-refractivity contribution in [3.05, 3.63) is 59.3 Å². The number of fused-ring (bicyclic) bond motifs is 1. The minimum atomic E-state index is 0.107. The summed E-state index contributed by atoms with van der Waals surface area (Å²) in [6.07, 6.45) is 5.98. The van der Waals surface area contributed by atoms with E-state index in [0.29, 0.717) is 5.92 Å². The third kappa shape index (κ3) is 3.22.